The highest BCUT2D eigenvalue weighted by atomic mass is 35.5. The van der Waals surface area contributed by atoms with Crippen LogP contribution in [0.5, 0.6) is 0 Å². The molecule has 8 heteroatoms. The van der Waals surface area contributed by atoms with E-state index in [1.54, 1.807) is 17.2 Å². The maximum Gasteiger partial charge on any atom is 0.223 e. The molecule has 2 aromatic heterocycles. The molecule has 1 fully saturated rings. The summed E-state index contributed by atoms with van der Waals surface area (Å²) in [6, 6.07) is 1.45. The Morgan fingerprint density at radius 2 is 2.45 bits per heavy atom. The third-order valence-electron chi connectivity index (χ3n) is 3.60. The summed E-state index contributed by atoms with van der Waals surface area (Å²) in [6.07, 6.45) is 2.56. The molecule has 118 valence electrons. The Labute approximate surface area is 132 Å². The average molecular weight is 325 g/mol. The van der Waals surface area contributed by atoms with Gasteiger partial charge >= 0.3 is 0 Å². The number of amides is 1. The summed E-state index contributed by atoms with van der Waals surface area (Å²) in [5.41, 5.74) is 0.962. The van der Waals surface area contributed by atoms with E-state index in [0.29, 0.717) is 43.5 Å². The number of rotatable bonds is 4. The van der Waals surface area contributed by atoms with Crippen LogP contribution in [0.2, 0.25) is 5.15 Å². The quantitative estimate of drug-likeness (QED) is 0.928. The van der Waals surface area contributed by atoms with Crippen molar-refractivity contribution in [3.8, 4) is 0 Å². The molecule has 7 nitrogen and oxygen atoms in total. The monoisotopic (exact) mass is 324 g/mol. The van der Waals surface area contributed by atoms with E-state index in [0.717, 1.165) is 11.5 Å². The molecule has 1 amide bonds. The van der Waals surface area contributed by atoms with Crippen molar-refractivity contribution in [2.75, 3.05) is 19.8 Å². The Morgan fingerprint density at radius 3 is 3.14 bits per heavy atom. The summed E-state index contributed by atoms with van der Waals surface area (Å²) in [6.45, 7) is 3.48. The molecule has 1 saturated heterocycles. The smallest absolute Gasteiger partial charge is 0.223 e. The van der Waals surface area contributed by atoms with Gasteiger partial charge in [-0.1, -0.05) is 16.8 Å². The number of imidazole rings is 1. The number of carbonyl (C=O) groups excluding carboxylic acids is 1. The first-order chi connectivity index (χ1) is 10.6. The number of carbonyl (C=O) groups is 1. The molecule has 3 heterocycles. The molecule has 0 aliphatic carbocycles. The molecule has 0 unspecified atom stereocenters. The Morgan fingerprint density at radius 1 is 1.59 bits per heavy atom. The summed E-state index contributed by atoms with van der Waals surface area (Å²) in [5.74, 6) is 1.40. The second-order valence-corrected chi connectivity index (χ2v) is 5.63. The Kier molecular flexibility index (Phi) is 4.44. The number of nitrogens with one attached hydrogen (secondary N) is 1. The van der Waals surface area contributed by atoms with Gasteiger partial charge in [0.25, 0.3) is 0 Å². The van der Waals surface area contributed by atoms with Crippen molar-refractivity contribution in [3.05, 3.63) is 34.7 Å². The molecular weight excluding hydrogens is 308 g/mol. The average Bonchev–Trinajstić information content (AvgIpc) is 3.13. The van der Waals surface area contributed by atoms with Crippen LogP contribution in [0.1, 0.15) is 29.7 Å². The van der Waals surface area contributed by atoms with Crippen LogP contribution >= 0.6 is 11.6 Å². The highest BCUT2D eigenvalue weighted by molar-refractivity contribution is 6.29. The van der Waals surface area contributed by atoms with Gasteiger partial charge in [0.15, 0.2) is 5.15 Å². The van der Waals surface area contributed by atoms with Crippen LogP contribution < -0.4 is 0 Å². The maximum absolute atomic E-state index is 12.5. The number of aromatic nitrogens is 3. The van der Waals surface area contributed by atoms with E-state index >= 15 is 0 Å². The van der Waals surface area contributed by atoms with Crippen molar-refractivity contribution < 1.29 is 14.1 Å². The van der Waals surface area contributed by atoms with Gasteiger partial charge in [0.2, 0.25) is 5.91 Å². The van der Waals surface area contributed by atoms with Gasteiger partial charge in [-0.25, -0.2) is 4.98 Å². The molecule has 1 aliphatic heterocycles. The van der Waals surface area contributed by atoms with Gasteiger partial charge in [-0.15, -0.1) is 0 Å². The van der Waals surface area contributed by atoms with E-state index < -0.39 is 0 Å². The van der Waals surface area contributed by atoms with Crippen molar-refractivity contribution in [1.29, 1.82) is 0 Å². The normalized spacial score (nSPS) is 18.6. The van der Waals surface area contributed by atoms with E-state index in [1.165, 1.54) is 0 Å². The third kappa shape index (κ3) is 3.31. The van der Waals surface area contributed by atoms with Crippen LogP contribution in [0.3, 0.4) is 0 Å². The summed E-state index contributed by atoms with van der Waals surface area (Å²) < 4.78 is 10.5. The predicted octanol–water partition coefficient (Wildman–Crippen LogP) is 1.89. The lowest BCUT2D eigenvalue weighted by Gasteiger charge is -2.34. The number of aryl methyl sites for hydroxylation is 2. The maximum atomic E-state index is 12.5. The lowest BCUT2D eigenvalue weighted by Crippen LogP contribution is -2.43. The first-order valence-electron chi connectivity index (χ1n) is 7.13. The van der Waals surface area contributed by atoms with Crippen LogP contribution in [0, 0.1) is 6.92 Å². The minimum atomic E-state index is -0.173. The SMILES string of the molecule is Cc1cnc([C@@H]2COCCN2C(=O)CCc2cc(Cl)no2)[nH]1. The molecular formula is C14H17ClN4O3. The zero-order valence-corrected chi connectivity index (χ0v) is 13.0. The molecule has 2 aromatic rings. The van der Waals surface area contributed by atoms with Crippen LogP contribution in [0.25, 0.3) is 0 Å². The molecule has 1 atom stereocenters. The molecule has 1 aliphatic rings. The summed E-state index contributed by atoms with van der Waals surface area (Å²) in [7, 11) is 0. The Hall–Kier alpha value is -1.86. The largest absolute Gasteiger partial charge is 0.377 e. The van der Waals surface area contributed by atoms with Crippen molar-refractivity contribution >= 4 is 17.5 Å². The van der Waals surface area contributed by atoms with E-state index in [1.807, 2.05) is 6.92 Å². The molecule has 22 heavy (non-hydrogen) atoms. The van der Waals surface area contributed by atoms with E-state index in [2.05, 4.69) is 15.1 Å². The zero-order chi connectivity index (χ0) is 15.5. The molecule has 0 aromatic carbocycles. The number of morpholine rings is 1. The number of hydrogen-bond acceptors (Lipinski definition) is 5. The van der Waals surface area contributed by atoms with Crippen molar-refractivity contribution in [1.82, 2.24) is 20.0 Å². The lowest BCUT2D eigenvalue weighted by molar-refractivity contribution is -0.140. The fourth-order valence-corrected chi connectivity index (χ4v) is 2.67. The number of halogens is 1. The van der Waals surface area contributed by atoms with Gasteiger partial charge in [0, 0.05) is 37.3 Å². The molecule has 3 rings (SSSR count). The van der Waals surface area contributed by atoms with E-state index in [-0.39, 0.29) is 11.9 Å². The van der Waals surface area contributed by atoms with Crippen LogP contribution in [0.15, 0.2) is 16.8 Å². The number of ether oxygens (including phenoxy) is 1. The number of nitrogens with zero attached hydrogens (tertiary/aromatic N) is 3. The fraction of sp³-hybridized carbons (Fsp3) is 0.500. The molecule has 0 spiro atoms. The Balaban J connectivity index is 1.66. The standard InChI is InChI=1S/C14H17ClN4O3/c1-9-7-16-14(17-9)11-8-21-5-4-19(11)13(20)3-2-10-6-12(15)18-22-10/h6-7,11H,2-5,8H2,1H3,(H,16,17)/t11-/m0/s1. The molecule has 0 saturated carbocycles. The van der Waals surface area contributed by atoms with Gasteiger partial charge in [-0.2, -0.15) is 0 Å². The van der Waals surface area contributed by atoms with Gasteiger partial charge in [-0.3, -0.25) is 4.79 Å². The van der Waals surface area contributed by atoms with Crippen molar-refractivity contribution in [2.45, 2.75) is 25.8 Å². The third-order valence-corrected chi connectivity index (χ3v) is 3.78. The van der Waals surface area contributed by atoms with Crippen LogP contribution in [-0.2, 0) is 16.0 Å². The Bertz CT molecular complexity index is 654. The second kappa shape index (κ2) is 6.50. The molecule has 0 radical (unpaired) electrons. The predicted molar refractivity (Wildman–Crippen MR) is 78.4 cm³/mol. The number of hydrogen-bond donors (Lipinski definition) is 1. The molecule has 0 bridgehead atoms. The fourth-order valence-electron chi connectivity index (χ4n) is 2.51. The summed E-state index contributed by atoms with van der Waals surface area (Å²) in [4.78, 5) is 21.8. The summed E-state index contributed by atoms with van der Waals surface area (Å²) in [5, 5.41) is 3.91. The van der Waals surface area contributed by atoms with Gasteiger partial charge in [-0.05, 0) is 6.92 Å². The first kappa shape index (κ1) is 15.1. The topological polar surface area (TPSA) is 84.2 Å². The van der Waals surface area contributed by atoms with Gasteiger partial charge < -0.3 is 19.1 Å². The second-order valence-electron chi connectivity index (χ2n) is 5.25. The van der Waals surface area contributed by atoms with Crippen molar-refractivity contribution in [2.24, 2.45) is 0 Å². The summed E-state index contributed by atoms with van der Waals surface area (Å²) >= 11 is 5.70. The minimum absolute atomic E-state index is 0.0369. The lowest BCUT2D eigenvalue weighted by atomic mass is 10.1. The minimum Gasteiger partial charge on any atom is -0.377 e. The molecule has 1 N–H and O–H groups in total. The van der Waals surface area contributed by atoms with Gasteiger partial charge in [0.1, 0.15) is 17.6 Å². The van der Waals surface area contributed by atoms with E-state index in [9.17, 15) is 4.79 Å². The zero-order valence-electron chi connectivity index (χ0n) is 12.2. The number of aromatic amines is 1. The van der Waals surface area contributed by atoms with Crippen LogP contribution in [-0.4, -0.2) is 45.7 Å². The highest BCUT2D eigenvalue weighted by Gasteiger charge is 2.30. The number of H-pyrrole nitrogens is 1. The van der Waals surface area contributed by atoms with E-state index in [4.69, 9.17) is 20.9 Å². The van der Waals surface area contributed by atoms with Crippen molar-refractivity contribution in [3.63, 3.8) is 0 Å². The van der Waals surface area contributed by atoms with Gasteiger partial charge in [0.05, 0.1) is 13.2 Å². The highest BCUT2D eigenvalue weighted by Crippen LogP contribution is 2.23. The first-order valence-corrected chi connectivity index (χ1v) is 7.51. The van der Waals surface area contributed by atoms with Crippen LogP contribution in [0.4, 0.5) is 0 Å².